The number of hydrogen-bond donors (Lipinski definition) is 2. The fraction of sp³-hybridized carbons (Fsp3) is 0.533. The van der Waals surface area contributed by atoms with Crippen LogP contribution in [0.1, 0.15) is 38.1 Å². The summed E-state index contributed by atoms with van der Waals surface area (Å²) >= 11 is 0. The third kappa shape index (κ3) is 4.91. The summed E-state index contributed by atoms with van der Waals surface area (Å²) in [5, 5.41) is 2.94. The zero-order valence-electron chi connectivity index (χ0n) is 12.1. The van der Waals surface area contributed by atoms with E-state index in [2.05, 4.69) is 5.32 Å². The molecule has 0 aliphatic carbocycles. The third-order valence-corrected chi connectivity index (χ3v) is 2.84. The van der Waals surface area contributed by atoms with Crippen LogP contribution >= 0.6 is 0 Å². The van der Waals surface area contributed by atoms with Gasteiger partial charge in [-0.25, -0.2) is 0 Å². The van der Waals surface area contributed by atoms with Gasteiger partial charge in [0.2, 0.25) is 0 Å². The maximum atomic E-state index is 12.1. The van der Waals surface area contributed by atoms with Crippen molar-refractivity contribution in [2.75, 3.05) is 6.54 Å². The van der Waals surface area contributed by atoms with Gasteiger partial charge in [-0.2, -0.15) is 0 Å². The molecule has 0 bridgehead atoms. The second kappa shape index (κ2) is 7.14. The summed E-state index contributed by atoms with van der Waals surface area (Å²) < 4.78 is 5.58. The molecule has 4 heteroatoms. The minimum absolute atomic E-state index is 0.0119. The van der Waals surface area contributed by atoms with Crippen molar-refractivity contribution in [3.8, 4) is 5.75 Å². The Kier molecular flexibility index (Phi) is 5.83. The topological polar surface area (TPSA) is 64.3 Å². The molecule has 0 aliphatic rings. The Morgan fingerprint density at radius 2 is 2.00 bits per heavy atom. The number of nitrogens with one attached hydrogen (secondary N) is 1. The van der Waals surface area contributed by atoms with Crippen LogP contribution in [0.25, 0.3) is 0 Å². The highest BCUT2D eigenvalue weighted by atomic mass is 16.5. The quantitative estimate of drug-likeness (QED) is 0.827. The molecule has 1 rings (SSSR count). The predicted molar refractivity (Wildman–Crippen MR) is 77.4 cm³/mol. The van der Waals surface area contributed by atoms with Crippen molar-refractivity contribution < 1.29 is 9.53 Å². The number of carbonyl (C=O) groups is 1. The van der Waals surface area contributed by atoms with Gasteiger partial charge in [0.15, 0.2) is 0 Å². The molecule has 0 saturated heterocycles. The van der Waals surface area contributed by atoms with E-state index in [1.807, 2.05) is 39.8 Å². The molecule has 1 atom stereocenters. The zero-order valence-corrected chi connectivity index (χ0v) is 12.1. The number of hydrogen-bond acceptors (Lipinski definition) is 3. The van der Waals surface area contributed by atoms with Crippen molar-refractivity contribution in [1.82, 2.24) is 5.32 Å². The molecule has 0 heterocycles. The van der Waals surface area contributed by atoms with Crippen LogP contribution in [0.2, 0.25) is 0 Å². The first-order valence-corrected chi connectivity index (χ1v) is 6.71. The second-order valence-electron chi connectivity index (χ2n) is 5.25. The van der Waals surface area contributed by atoms with Gasteiger partial charge in [-0.15, -0.1) is 0 Å². The molecular formula is C15H24N2O2. The van der Waals surface area contributed by atoms with E-state index in [1.54, 1.807) is 12.1 Å². The second-order valence-corrected chi connectivity index (χ2v) is 5.25. The largest absolute Gasteiger partial charge is 0.491 e. The summed E-state index contributed by atoms with van der Waals surface area (Å²) in [6.45, 7) is 8.42. The Morgan fingerprint density at radius 1 is 1.32 bits per heavy atom. The number of rotatable bonds is 6. The van der Waals surface area contributed by atoms with Gasteiger partial charge in [-0.3, -0.25) is 4.79 Å². The molecule has 0 aliphatic heterocycles. The van der Waals surface area contributed by atoms with Crippen molar-refractivity contribution in [2.45, 2.75) is 39.8 Å². The summed E-state index contributed by atoms with van der Waals surface area (Å²) in [5.41, 5.74) is 6.25. The van der Waals surface area contributed by atoms with Crippen molar-refractivity contribution >= 4 is 5.91 Å². The number of amides is 1. The predicted octanol–water partition coefficient (Wildman–Crippen LogP) is 2.19. The van der Waals surface area contributed by atoms with Crippen molar-refractivity contribution in [1.29, 1.82) is 0 Å². The number of benzene rings is 1. The van der Waals surface area contributed by atoms with Crippen molar-refractivity contribution in [3.63, 3.8) is 0 Å². The molecular weight excluding hydrogens is 240 g/mol. The maximum absolute atomic E-state index is 12.1. The summed E-state index contributed by atoms with van der Waals surface area (Å²) in [4.78, 5) is 12.1. The van der Waals surface area contributed by atoms with Gasteiger partial charge in [-0.05, 0) is 38.0 Å². The highest BCUT2D eigenvalue weighted by Gasteiger charge is 2.15. The van der Waals surface area contributed by atoms with Gasteiger partial charge in [0, 0.05) is 18.2 Å². The number of ether oxygens (including phenoxy) is 1. The normalized spacial score (nSPS) is 12.6. The van der Waals surface area contributed by atoms with Gasteiger partial charge in [-0.1, -0.05) is 19.9 Å². The molecule has 3 N–H and O–H groups in total. The van der Waals surface area contributed by atoms with Crippen LogP contribution in [0.3, 0.4) is 0 Å². The molecule has 0 radical (unpaired) electrons. The molecule has 4 nitrogen and oxygen atoms in total. The lowest BCUT2D eigenvalue weighted by molar-refractivity contribution is 0.0927. The van der Waals surface area contributed by atoms with E-state index in [9.17, 15) is 4.79 Å². The fourth-order valence-electron chi connectivity index (χ4n) is 1.73. The Morgan fingerprint density at radius 3 is 2.53 bits per heavy atom. The summed E-state index contributed by atoms with van der Waals surface area (Å²) in [7, 11) is 0. The zero-order chi connectivity index (χ0) is 14.4. The Bertz CT molecular complexity index is 416. The van der Waals surface area contributed by atoms with Gasteiger partial charge in [0.05, 0.1) is 6.10 Å². The first-order valence-electron chi connectivity index (χ1n) is 6.71. The standard InChI is InChI=1S/C15H24N2O2/c1-10(2)14(9-16)17-15(18)12-6-5-7-13(8-12)19-11(3)4/h5-8,10-11,14H,9,16H2,1-4H3,(H,17,18). The van der Waals surface area contributed by atoms with Crippen LogP contribution in [-0.2, 0) is 0 Å². The lowest BCUT2D eigenvalue weighted by Crippen LogP contribution is -2.43. The highest BCUT2D eigenvalue weighted by molar-refractivity contribution is 5.94. The van der Waals surface area contributed by atoms with Gasteiger partial charge < -0.3 is 15.8 Å². The Hall–Kier alpha value is -1.55. The van der Waals surface area contributed by atoms with E-state index >= 15 is 0 Å². The van der Waals surface area contributed by atoms with E-state index in [0.29, 0.717) is 23.8 Å². The van der Waals surface area contributed by atoms with E-state index < -0.39 is 0 Å². The van der Waals surface area contributed by atoms with E-state index in [4.69, 9.17) is 10.5 Å². The molecule has 1 amide bonds. The highest BCUT2D eigenvalue weighted by Crippen LogP contribution is 2.15. The Balaban J connectivity index is 2.76. The molecule has 0 spiro atoms. The van der Waals surface area contributed by atoms with E-state index in [-0.39, 0.29) is 18.1 Å². The molecule has 0 aromatic heterocycles. The van der Waals surface area contributed by atoms with E-state index in [1.165, 1.54) is 0 Å². The van der Waals surface area contributed by atoms with Gasteiger partial charge >= 0.3 is 0 Å². The van der Waals surface area contributed by atoms with Crippen molar-refractivity contribution in [3.05, 3.63) is 29.8 Å². The minimum atomic E-state index is -0.113. The molecule has 1 aromatic carbocycles. The summed E-state index contributed by atoms with van der Waals surface area (Å²) in [6.07, 6.45) is 0.0887. The third-order valence-electron chi connectivity index (χ3n) is 2.84. The summed E-state index contributed by atoms with van der Waals surface area (Å²) in [5.74, 6) is 0.902. The summed E-state index contributed by atoms with van der Waals surface area (Å²) in [6, 6.07) is 7.18. The maximum Gasteiger partial charge on any atom is 0.251 e. The molecule has 19 heavy (non-hydrogen) atoms. The van der Waals surface area contributed by atoms with E-state index in [0.717, 1.165) is 0 Å². The number of carbonyl (C=O) groups excluding carboxylic acids is 1. The molecule has 0 fully saturated rings. The monoisotopic (exact) mass is 264 g/mol. The van der Waals surface area contributed by atoms with Gasteiger partial charge in [0.25, 0.3) is 5.91 Å². The van der Waals surface area contributed by atoms with Crippen LogP contribution < -0.4 is 15.8 Å². The van der Waals surface area contributed by atoms with Crippen LogP contribution in [0.4, 0.5) is 0 Å². The minimum Gasteiger partial charge on any atom is -0.491 e. The average molecular weight is 264 g/mol. The molecule has 0 saturated carbocycles. The van der Waals surface area contributed by atoms with Crippen LogP contribution in [0.5, 0.6) is 5.75 Å². The molecule has 1 aromatic rings. The van der Waals surface area contributed by atoms with Crippen LogP contribution in [0, 0.1) is 5.92 Å². The van der Waals surface area contributed by atoms with Gasteiger partial charge in [0.1, 0.15) is 5.75 Å². The fourth-order valence-corrected chi connectivity index (χ4v) is 1.73. The lowest BCUT2D eigenvalue weighted by atomic mass is 10.0. The lowest BCUT2D eigenvalue weighted by Gasteiger charge is -2.20. The van der Waals surface area contributed by atoms with Crippen LogP contribution in [-0.4, -0.2) is 24.6 Å². The smallest absolute Gasteiger partial charge is 0.251 e. The van der Waals surface area contributed by atoms with Crippen molar-refractivity contribution in [2.24, 2.45) is 11.7 Å². The Labute approximate surface area is 115 Å². The molecule has 1 unspecified atom stereocenters. The number of nitrogens with two attached hydrogens (primary N) is 1. The average Bonchev–Trinajstić information content (AvgIpc) is 2.34. The first kappa shape index (κ1) is 15.5. The molecule has 106 valence electrons. The van der Waals surface area contributed by atoms with Crippen LogP contribution in [0.15, 0.2) is 24.3 Å². The first-order chi connectivity index (χ1) is 8.93. The SMILES string of the molecule is CC(C)Oc1cccc(C(=O)NC(CN)C(C)C)c1.